The second-order valence-electron chi connectivity index (χ2n) is 6.59. The van der Waals surface area contributed by atoms with Crippen LogP contribution in [0.5, 0.6) is 0 Å². The molecule has 0 bridgehead atoms. The Morgan fingerprint density at radius 3 is 2.16 bits per heavy atom. The van der Waals surface area contributed by atoms with Gasteiger partial charge < -0.3 is 9.84 Å². The van der Waals surface area contributed by atoms with Crippen LogP contribution in [-0.2, 0) is 16.1 Å². The molecule has 0 unspecified atom stereocenters. The minimum Gasteiger partial charge on any atom is -0.389 e. The van der Waals surface area contributed by atoms with Gasteiger partial charge in [0.1, 0.15) is 0 Å². The predicted molar refractivity (Wildman–Crippen MR) is 95.8 cm³/mol. The van der Waals surface area contributed by atoms with Gasteiger partial charge in [0.05, 0.1) is 12.7 Å². The Morgan fingerprint density at radius 1 is 1.08 bits per heavy atom. The standard InChI is InChI=1S/C20H25NO4/c1-14(2)18(22)20(3,19(23)21-24)25-13-15-9-11-17(12-10-15)16-7-5-4-6-8-16/h4-12,14,18,22,24H,13H2,1-3H3,(H,21,23)/t18-,20-/m0/s1. The zero-order valence-electron chi connectivity index (χ0n) is 14.8. The molecule has 0 saturated heterocycles. The van der Waals surface area contributed by atoms with E-state index in [0.29, 0.717) is 0 Å². The summed E-state index contributed by atoms with van der Waals surface area (Å²) in [5.41, 5.74) is 3.12. The van der Waals surface area contributed by atoms with Gasteiger partial charge in [0.2, 0.25) is 0 Å². The number of nitrogens with one attached hydrogen (secondary N) is 1. The fraction of sp³-hybridized carbons (Fsp3) is 0.350. The van der Waals surface area contributed by atoms with Crippen molar-refractivity contribution in [1.82, 2.24) is 5.48 Å². The van der Waals surface area contributed by atoms with Crippen LogP contribution in [0.2, 0.25) is 0 Å². The molecule has 5 nitrogen and oxygen atoms in total. The molecular weight excluding hydrogens is 318 g/mol. The number of amides is 1. The van der Waals surface area contributed by atoms with Crippen molar-refractivity contribution in [3.05, 3.63) is 60.2 Å². The van der Waals surface area contributed by atoms with Crippen LogP contribution in [0.25, 0.3) is 11.1 Å². The van der Waals surface area contributed by atoms with Crippen molar-refractivity contribution in [3.63, 3.8) is 0 Å². The van der Waals surface area contributed by atoms with E-state index in [0.717, 1.165) is 16.7 Å². The van der Waals surface area contributed by atoms with Gasteiger partial charge in [0.25, 0.3) is 5.91 Å². The van der Waals surface area contributed by atoms with E-state index in [1.165, 1.54) is 6.92 Å². The van der Waals surface area contributed by atoms with Crippen molar-refractivity contribution in [3.8, 4) is 11.1 Å². The number of hydroxylamine groups is 1. The summed E-state index contributed by atoms with van der Waals surface area (Å²) in [7, 11) is 0. The molecule has 0 aromatic heterocycles. The van der Waals surface area contributed by atoms with Crippen LogP contribution in [0, 0.1) is 5.92 Å². The zero-order valence-corrected chi connectivity index (χ0v) is 14.8. The van der Waals surface area contributed by atoms with Gasteiger partial charge in [-0.05, 0) is 29.5 Å². The monoisotopic (exact) mass is 343 g/mol. The van der Waals surface area contributed by atoms with Gasteiger partial charge in [-0.2, -0.15) is 0 Å². The molecule has 5 heteroatoms. The molecule has 0 saturated carbocycles. The van der Waals surface area contributed by atoms with Crippen molar-refractivity contribution < 1.29 is 19.8 Å². The summed E-state index contributed by atoms with van der Waals surface area (Å²) in [6.07, 6.45) is -1.05. The first kappa shape index (κ1) is 19.1. The first-order chi connectivity index (χ1) is 11.9. The van der Waals surface area contributed by atoms with Crippen LogP contribution in [0.15, 0.2) is 54.6 Å². The van der Waals surface area contributed by atoms with Crippen LogP contribution < -0.4 is 5.48 Å². The lowest BCUT2D eigenvalue weighted by Crippen LogP contribution is -2.55. The lowest BCUT2D eigenvalue weighted by atomic mass is 9.89. The van der Waals surface area contributed by atoms with Crippen molar-refractivity contribution >= 4 is 5.91 Å². The Morgan fingerprint density at radius 2 is 1.64 bits per heavy atom. The van der Waals surface area contributed by atoms with Gasteiger partial charge in [-0.3, -0.25) is 10.0 Å². The van der Waals surface area contributed by atoms with Crippen LogP contribution >= 0.6 is 0 Å². The topological polar surface area (TPSA) is 78.8 Å². The van der Waals surface area contributed by atoms with Gasteiger partial charge in [-0.25, -0.2) is 5.48 Å². The third-order valence-electron chi connectivity index (χ3n) is 4.35. The summed E-state index contributed by atoms with van der Waals surface area (Å²) in [4.78, 5) is 12.0. The van der Waals surface area contributed by atoms with Crippen LogP contribution in [0.4, 0.5) is 0 Å². The van der Waals surface area contributed by atoms with E-state index in [2.05, 4.69) is 0 Å². The lowest BCUT2D eigenvalue weighted by Gasteiger charge is -2.34. The highest BCUT2D eigenvalue weighted by molar-refractivity contribution is 5.84. The normalized spacial score (nSPS) is 14.8. The molecule has 0 heterocycles. The first-order valence-electron chi connectivity index (χ1n) is 8.29. The molecule has 25 heavy (non-hydrogen) atoms. The maximum atomic E-state index is 12.0. The van der Waals surface area contributed by atoms with E-state index in [4.69, 9.17) is 9.94 Å². The van der Waals surface area contributed by atoms with E-state index < -0.39 is 17.6 Å². The van der Waals surface area contributed by atoms with Gasteiger partial charge in [0, 0.05) is 0 Å². The molecule has 3 N–H and O–H groups in total. The minimum absolute atomic E-state index is 0.142. The SMILES string of the molecule is CC(C)[C@H](O)[C@](C)(OCc1ccc(-c2ccccc2)cc1)C(=O)NO. The van der Waals surface area contributed by atoms with E-state index in [9.17, 15) is 9.90 Å². The van der Waals surface area contributed by atoms with Gasteiger partial charge in [-0.1, -0.05) is 68.4 Å². The number of ether oxygens (including phenoxy) is 1. The lowest BCUT2D eigenvalue weighted by molar-refractivity contribution is -0.177. The third-order valence-corrected chi connectivity index (χ3v) is 4.35. The quantitative estimate of drug-likeness (QED) is 0.533. The van der Waals surface area contributed by atoms with Crippen molar-refractivity contribution in [2.45, 2.75) is 39.1 Å². The molecule has 0 radical (unpaired) electrons. The number of carbonyl (C=O) groups excluding carboxylic acids is 1. The maximum Gasteiger partial charge on any atom is 0.277 e. The second kappa shape index (κ2) is 8.25. The molecule has 0 aliphatic carbocycles. The molecule has 1 amide bonds. The summed E-state index contributed by atoms with van der Waals surface area (Å²) in [5.74, 6) is -0.975. The van der Waals surface area contributed by atoms with E-state index in [1.807, 2.05) is 54.6 Å². The Hall–Kier alpha value is -2.21. The number of benzene rings is 2. The largest absolute Gasteiger partial charge is 0.389 e. The smallest absolute Gasteiger partial charge is 0.277 e. The maximum absolute atomic E-state index is 12.0. The van der Waals surface area contributed by atoms with Crippen molar-refractivity contribution in [1.29, 1.82) is 0 Å². The summed E-state index contributed by atoms with van der Waals surface area (Å²) < 4.78 is 5.71. The number of carbonyl (C=O) groups is 1. The number of aliphatic hydroxyl groups is 1. The highest BCUT2D eigenvalue weighted by Gasteiger charge is 2.43. The van der Waals surface area contributed by atoms with Gasteiger partial charge in [-0.15, -0.1) is 0 Å². The molecule has 0 aliphatic heterocycles. The third kappa shape index (κ3) is 4.45. The molecule has 134 valence electrons. The molecule has 0 spiro atoms. The summed E-state index contributed by atoms with van der Waals surface area (Å²) in [5, 5.41) is 19.3. The minimum atomic E-state index is -1.54. The van der Waals surface area contributed by atoms with Gasteiger partial charge >= 0.3 is 0 Å². The zero-order chi connectivity index (χ0) is 18.4. The van der Waals surface area contributed by atoms with Crippen LogP contribution in [-0.4, -0.2) is 27.9 Å². The number of aliphatic hydroxyl groups excluding tert-OH is 1. The average molecular weight is 343 g/mol. The first-order valence-corrected chi connectivity index (χ1v) is 8.29. The predicted octanol–water partition coefficient (Wildman–Crippen LogP) is 3.15. The molecular formula is C20H25NO4. The van der Waals surface area contributed by atoms with Crippen LogP contribution in [0.1, 0.15) is 26.3 Å². The Kier molecular flexibility index (Phi) is 6.31. The highest BCUT2D eigenvalue weighted by atomic mass is 16.5. The van der Waals surface area contributed by atoms with E-state index in [-0.39, 0.29) is 12.5 Å². The Balaban J connectivity index is 2.11. The van der Waals surface area contributed by atoms with E-state index in [1.54, 1.807) is 19.3 Å². The Labute approximate surface area is 148 Å². The summed E-state index contributed by atoms with van der Waals surface area (Å²) >= 11 is 0. The average Bonchev–Trinajstić information content (AvgIpc) is 2.65. The number of hydrogen-bond donors (Lipinski definition) is 3. The number of rotatable bonds is 7. The van der Waals surface area contributed by atoms with E-state index >= 15 is 0 Å². The molecule has 0 fully saturated rings. The summed E-state index contributed by atoms with van der Waals surface area (Å²) in [6.45, 7) is 5.18. The Bertz CT molecular complexity index is 685. The highest BCUT2D eigenvalue weighted by Crippen LogP contribution is 2.25. The molecule has 2 aromatic rings. The van der Waals surface area contributed by atoms with Crippen molar-refractivity contribution in [2.75, 3.05) is 0 Å². The van der Waals surface area contributed by atoms with Gasteiger partial charge in [0.15, 0.2) is 5.60 Å². The van der Waals surface area contributed by atoms with Crippen LogP contribution in [0.3, 0.4) is 0 Å². The molecule has 2 rings (SSSR count). The molecule has 0 aliphatic rings. The molecule has 2 aromatic carbocycles. The van der Waals surface area contributed by atoms with Crippen molar-refractivity contribution in [2.24, 2.45) is 5.92 Å². The molecule has 2 atom stereocenters. The fourth-order valence-corrected chi connectivity index (χ4v) is 2.69. The second-order valence-corrected chi connectivity index (χ2v) is 6.59. The fourth-order valence-electron chi connectivity index (χ4n) is 2.69. The number of hydrogen-bond acceptors (Lipinski definition) is 4. The summed E-state index contributed by atoms with van der Waals surface area (Å²) in [6, 6.07) is 17.8.